The smallest absolute Gasteiger partial charge is 0.251 e. The Morgan fingerprint density at radius 1 is 1.14 bits per heavy atom. The third-order valence-corrected chi connectivity index (χ3v) is 4.47. The van der Waals surface area contributed by atoms with Crippen LogP contribution in [0.3, 0.4) is 0 Å². The fraction of sp³-hybridized carbons (Fsp3) is 0.467. The van der Waals surface area contributed by atoms with E-state index in [9.17, 15) is 9.59 Å². The number of rotatable bonds is 4. The quantitative estimate of drug-likeness (QED) is 0.782. The van der Waals surface area contributed by atoms with Gasteiger partial charge in [-0.05, 0) is 43.9 Å². The van der Waals surface area contributed by atoms with Crippen molar-refractivity contribution in [1.82, 2.24) is 10.6 Å². The molecule has 2 rings (SSSR count). The van der Waals surface area contributed by atoms with Gasteiger partial charge in [0.05, 0.1) is 16.6 Å². The molecule has 0 aliphatic heterocycles. The SMILES string of the molecule is NC1CCC(NC(=O)CNC(=O)c2ccc(Cl)c(Cl)c2)CC1. The summed E-state index contributed by atoms with van der Waals surface area (Å²) in [6.45, 7) is -0.0678. The summed E-state index contributed by atoms with van der Waals surface area (Å²) in [5.74, 6) is -0.562. The topological polar surface area (TPSA) is 84.2 Å². The van der Waals surface area contributed by atoms with Crippen LogP contribution in [0.2, 0.25) is 10.0 Å². The lowest BCUT2D eigenvalue weighted by atomic mass is 9.92. The van der Waals surface area contributed by atoms with Crippen LogP contribution in [0.1, 0.15) is 36.0 Å². The first kappa shape index (κ1) is 17.1. The molecule has 0 radical (unpaired) electrons. The predicted octanol–water partition coefficient (Wildman–Crippen LogP) is 2.11. The largest absolute Gasteiger partial charge is 0.352 e. The van der Waals surface area contributed by atoms with Crippen LogP contribution in [-0.2, 0) is 4.79 Å². The van der Waals surface area contributed by atoms with Gasteiger partial charge in [0.25, 0.3) is 5.91 Å². The molecule has 1 aliphatic carbocycles. The first-order valence-corrected chi connectivity index (χ1v) is 7.99. The third kappa shape index (κ3) is 4.87. The minimum absolute atomic E-state index is 0.0678. The highest BCUT2D eigenvalue weighted by Gasteiger charge is 2.20. The minimum Gasteiger partial charge on any atom is -0.352 e. The zero-order chi connectivity index (χ0) is 16.1. The number of carbonyl (C=O) groups excluding carboxylic acids is 2. The Morgan fingerprint density at radius 3 is 2.45 bits per heavy atom. The number of benzene rings is 1. The van der Waals surface area contributed by atoms with Gasteiger partial charge in [0, 0.05) is 17.6 Å². The Labute approximate surface area is 139 Å². The van der Waals surface area contributed by atoms with Crippen LogP contribution in [0.5, 0.6) is 0 Å². The van der Waals surface area contributed by atoms with E-state index >= 15 is 0 Å². The fourth-order valence-corrected chi connectivity index (χ4v) is 2.74. The van der Waals surface area contributed by atoms with Crippen molar-refractivity contribution >= 4 is 35.0 Å². The normalized spacial score (nSPS) is 21.2. The second kappa shape index (κ2) is 7.81. The fourth-order valence-electron chi connectivity index (χ4n) is 2.44. The van der Waals surface area contributed by atoms with Crippen LogP contribution in [-0.4, -0.2) is 30.4 Å². The summed E-state index contributed by atoms with van der Waals surface area (Å²) in [4.78, 5) is 23.8. The van der Waals surface area contributed by atoms with Gasteiger partial charge in [-0.1, -0.05) is 23.2 Å². The van der Waals surface area contributed by atoms with Crippen molar-refractivity contribution in [3.8, 4) is 0 Å². The predicted molar refractivity (Wildman–Crippen MR) is 87.2 cm³/mol. The van der Waals surface area contributed by atoms with E-state index in [1.807, 2.05) is 0 Å². The van der Waals surface area contributed by atoms with Crippen molar-refractivity contribution in [3.63, 3.8) is 0 Å². The Bertz CT molecular complexity index is 558. The average Bonchev–Trinajstić information content (AvgIpc) is 2.50. The number of halogens is 2. The summed E-state index contributed by atoms with van der Waals surface area (Å²) < 4.78 is 0. The highest BCUT2D eigenvalue weighted by atomic mass is 35.5. The molecule has 22 heavy (non-hydrogen) atoms. The van der Waals surface area contributed by atoms with Crippen molar-refractivity contribution in [1.29, 1.82) is 0 Å². The van der Waals surface area contributed by atoms with Gasteiger partial charge in [-0.15, -0.1) is 0 Å². The first-order chi connectivity index (χ1) is 10.5. The molecule has 1 aliphatic rings. The highest BCUT2D eigenvalue weighted by molar-refractivity contribution is 6.42. The van der Waals surface area contributed by atoms with Gasteiger partial charge in [0.1, 0.15) is 0 Å². The number of hydrogen-bond acceptors (Lipinski definition) is 3. The van der Waals surface area contributed by atoms with Gasteiger partial charge in [0.2, 0.25) is 5.91 Å². The first-order valence-electron chi connectivity index (χ1n) is 7.24. The lowest BCUT2D eigenvalue weighted by molar-refractivity contribution is -0.121. The monoisotopic (exact) mass is 343 g/mol. The van der Waals surface area contributed by atoms with Gasteiger partial charge < -0.3 is 16.4 Å². The summed E-state index contributed by atoms with van der Waals surface area (Å²) in [7, 11) is 0. The number of nitrogens with one attached hydrogen (secondary N) is 2. The van der Waals surface area contributed by atoms with E-state index in [0.717, 1.165) is 25.7 Å². The van der Waals surface area contributed by atoms with Crippen molar-refractivity contribution < 1.29 is 9.59 Å². The molecule has 0 saturated heterocycles. The molecule has 0 aromatic heterocycles. The summed E-state index contributed by atoms with van der Waals surface area (Å²) in [5.41, 5.74) is 6.19. The van der Waals surface area contributed by atoms with Crippen molar-refractivity contribution in [2.24, 2.45) is 5.73 Å². The molecule has 0 atom stereocenters. The maximum atomic E-state index is 11.9. The van der Waals surface area contributed by atoms with Crippen molar-refractivity contribution in [2.45, 2.75) is 37.8 Å². The van der Waals surface area contributed by atoms with Gasteiger partial charge in [-0.3, -0.25) is 9.59 Å². The zero-order valence-corrected chi connectivity index (χ0v) is 13.6. The van der Waals surface area contributed by atoms with Gasteiger partial charge >= 0.3 is 0 Å². The molecule has 0 heterocycles. The van der Waals surface area contributed by atoms with Gasteiger partial charge in [0.15, 0.2) is 0 Å². The molecule has 7 heteroatoms. The maximum absolute atomic E-state index is 11.9. The molecule has 0 bridgehead atoms. The van der Waals surface area contributed by atoms with E-state index in [1.165, 1.54) is 6.07 Å². The van der Waals surface area contributed by atoms with E-state index in [-0.39, 0.29) is 30.4 Å². The Morgan fingerprint density at radius 2 is 1.82 bits per heavy atom. The molecule has 0 unspecified atom stereocenters. The maximum Gasteiger partial charge on any atom is 0.251 e. The molecule has 1 aromatic carbocycles. The van der Waals surface area contributed by atoms with Crippen LogP contribution in [0, 0.1) is 0 Å². The third-order valence-electron chi connectivity index (χ3n) is 3.73. The van der Waals surface area contributed by atoms with Crippen molar-refractivity contribution in [2.75, 3.05) is 6.54 Å². The molecular formula is C15H19Cl2N3O2. The van der Waals surface area contributed by atoms with Crippen LogP contribution < -0.4 is 16.4 Å². The standard InChI is InChI=1S/C15H19Cl2N3O2/c16-12-6-1-9(7-13(12)17)15(22)19-8-14(21)20-11-4-2-10(18)3-5-11/h1,6-7,10-11H,2-5,8,18H2,(H,19,22)(H,20,21). The van der Waals surface area contributed by atoms with Crippen LogP contribution in [0.4, 0.5) is 0 Å². The number of hydrogen-bond donors (Lipinski definition) is 3. The van der Waals surface area contributed by atoms with Crippen LogP contribution >= 0.6 is 23.2 Å². The molecule has 5 nitrogen and oxygen atoms in total. The van der Waals surface area contributed by atoms with E-state index < -0.39 is 0 Å². The van der Waals surface area contributed by atoms with Crippen LogP contribution in [0.15, 0.2) is 18.2 Å². The molecule has 1 aromatic rings. The number of nitrogens with two attached hydrogens (primary N) is 1. The average molecular weight is 344 g/mol. The molecule has 2 amide bonds. The summed E-state index contributed by atoms with van der Waals surface area (Å²) in [6, 6.07) is 4.96. The van der Waals surface area contributed by atoms with Gasteiger partial charge in [-0.2, -0.15) is 0 Å². The summed E-state index contributed by atoms with van der Waals surface area (Å²) in [5, 5.41) is 6.16. The number of amides is 2. The molecule has 1 fully saturated rings. The second-order valence-electron chi connectivity index (χ2n) is 5.49. The van der Waals surface area contributed by atoms with Crippen LogP contribution in [0.25, 0.3) is 0 Å². The Hall–Kier alpha value is -1.30. The van der Waals surface area contributed by atoms with E-state index in [1.54, 1.807) is 12.1 Å². The summed E-state index contributed by atoms with van der Waals surface area (Å²) >= 11 is 11.7. The number of carbonyl (C=O) groups is 2. The van der Waals surface area contributed by atoms with Crippen molar-refractivity contribution in [3.05, 3.63) is 33.8 Å². The lowest BCUT2D eigenvalue weighted by Crippen LogP contribution is -2.44. The van der Waals surface area contributed by atoms with E-state index in [4.69, 9.17) is 28.9 Å². The summed E-state index contributed by atoms with van der Waals surface area (Å²) in [6.07, 6.45) is 3.60. The highest BCUT2D eigenvalue weighted by Crippen LogP contribution is 2.22. The lowest BCUT2D eigenvalue weighted by Gasteiger charge is -2.26. The second-order valence-corrected chi connectivity index (χ2v) is 6.31. The minimum atomic E-state index is -0.362. The molecular weight excluding hydrogens is 325 g/mol. The zero-order valence-electron chi connectivity index (χ0n) is 12.1. The molecule has 120 valence electrons. The Balaban J connectivity index is 1.78. The molecule has 4 N–H and O–H groups in total. The molecule has 1 saturated carbocycles. The van der Waals surface area contributed by atoms with Gasteiger partial charge in [-0.25, -0.2) is 0 Å². The molecule has 0 spiro atoms. The van der Waals surface area contributed by atoms with E-state index in [2.05, 4.69) is 10.6 Å². The Kier molecular flexibility index (Phi) is 6.06. The van der Waals surface area contributed by atoms with E-state index in [0.29, 0.717) is 15.6 Å².